The predicted octanol–water partition coefficient (Wildman–Crippen LogP) is 6.13. The maximum Gasteiger partial charge on any atom is 0.291 e. The van der Waals surface area contributed by atoms with Gasteiger partial charge in [-0.3, -0.25) is 14.4 Å². The lowest BCUT2D eigenvalue weighted by atomic mass is 9.83. The van der Waals surface area contributed by atoms with Crippen molar-refractivity contribution in [2.75, 3.05) is 4.90 Å². The Balaban J connectivity index is 1.52. The molecule has 2 aliphatic heterocycles. The third kappa shape index (κ3) is 3.51. The van der Waals surface area contributed by atoms with Gasteiger partial charge in [-0.2, -0.15) is 0 Å². The van der Waals surface area contributed by atoms with Crippen molar-refractivity contribution in [3.63, 3.8) is 0 Å². The van der Waals surface area contributed by atoms with Crippen molar-refractivity contribution >= 4 is 28.5 Å². The number of carbonyl (C=O) groups excluding carboxylic acids is 2. The Labute approximate surface area is 239 Å². The molecule has 0 fully saturated rings. The molecule has 2 aliphatic rings. The first-order valence-electron chi connectivity index (χ1n) is 13.5. The summed E-state index contributed by atoms with van der Waals surface area (Å²) in [7, 11) is 0. The number of amides is 2. The van der Waals surface area contributed by atoms with E-state index in [1.54, 1.807) is 54.6 Å². The van der Waals surface area contributed by atoms with E-state index in [-0.39, 0.29) is 40.9 Å². The molecule has 6 nitrogen and oxygen atoms in total. The largest absolute Gasteiger partial charge is 0.450 e. The lowest BCUT2D eigenvalue weighted by Crippen LogP contribution is -2.53. The third-order valence-corrected chi connectivity index (χ3v) is 8.39. The van der Waals surface area contributed by atoms with Gasteiger partial charge in [-0.25, -0.2) is 8.78 Å². The van der Waals surface area contributed by atoms with Crippen molar-refractivity contribution in [3.8, 4) is 0 Å². The first kappa shape index (κ1) is 25.8. The molecule has 0 N–H and O–H groups in total. The lowest BCUT2D eigenvalue weighted by molar-refractivity contribution is -0.126. The Hall–Kier alpha value is -5.11. The number of nitrogens with zero attached hydrogens (tertiary/aromatic N) is 2. The molecule has 1 spiro atoms. The van der Waals surface area contributed by atoms with E-state index in [4.69, 9.17) is 4.42 Å². The van der Waals surface area contributed by atoms with Crippen LogP contribution in [-0.2, 0) is 23.4 Å². The van der Waals surface area contributed by atoms with Gasteiger partial charge in [-0.05, 0) is 66.9 Å². The molecule has 0 radical (unpaired) electrons. The number of aryl methyl sites for hydroxylation is 2. The SMILES string of the molecule is Cc1cc2oc3c(c(=O)c2cc1C)C1(C(=O)N(Cc2ccccc2F)c2ccccc21)N(Cc1ccc(F)cc1)C3=O. The number of halogens is 2. The van der Waals surface area contributed by atoms with Crippen LogP contribution in [-0.4, -0.2) is 16.7 Å². The second kappa shape index (κ2) is 9.21. The topological polar surface area (TPSA) is 70.8 Å². The van der Waals surface area contributed by atoms with Gasteiger partial charge in [-0.1, -0.05) is 48.5 Å². The Kier molecular flexibility index (Phi) is 5.66. The van der Waals surface area contributed by atoms with Crippen molar-refractivity contribution in [2.24, 2.45) is 0 Å². The molecule has 7 rings (SSSR count). The van der Waals surface area contributed by atoms with E-state index < -0.39 is 34.4 Å². The molecular formula is C34H24F2N2O4. The number of benzene rings is 4. The maximum absolute atomic E-state index is 14.8. The number of para-hydroxylation sites is 1. The fourth-order valence-corrected chi connectivity index (χ4v) is 6.19. The normalized spacial score (nSPS) is 17.4. The van der Waals surface area contributed by atoms with Crippen LogP contribution in [0.4, 0.5) is 14.5 Å². The van der Waals surface area contributed by atoms with E-state index in [1.807, 2.05) is 13.8 Å². The molecule has 0 bridgehead atoms. The molecule has 42 heavy (non-hydrogen) atoms. The van der Waals surface area contributed by atoms with E-state index >= 15 is 0 Å². The summed E-state index contributed by atoms with van der Waals surface area (Å²) in [5, 5.41) is 0.255. The van der Waals surface area contributed by atoms with Crippen LogP contribution in [0.1, 0.15) is 43.9 Å². The Morgan fingerprint density at radius 1 is 0.810 bits per heavy atom. The van der Waals surface area contributed by atoms with Crippen molar-refractivity contribution in [1.29, 1.82) is 0 Å². The summed E-state index contributed by atoms with van der Waals surface area (Å²) in [6.07, 6.45) is 0. The van der Waals surface area contributed by atoms with Gasteiger partial charge < -0.3 is 14.2 Å². The molecule has 0 saturated carbocycles. The zero-order valence-corrected chi connectivity index (χ0v) is 22.8. The first-order valence-corrected chi connectivity index (χ1v) is 13.5. The highest BCUT2D eigenvalue weighted by molar-refractivity contribution is 6.17. The summed E-state index contributed by atoms with van der Waals surface area (Å²) < 4.78 is 34.8. The summed E-state index contributed by atoms with van der Waals surface area (Å²) in [4.78, 5) is 46.2. The first-order chi connectivity index (χ1) is 20.2. The quantitative estimate of drug-likeness (QED) is 0.264. The molecule has 208 valence electrons. The lowest BCUT2D eigenvalue weighted by Gasteiger charge is -2.34. The van der Waals surface area contributed by atoms with Gasteiger partial charge in [0.15, 0.2) is 11.0 Å². The smallest absolute Gasteiger partial charge is 0.291 e. The van der Waals surface area contributed by atoms with Crippen molar-refractivity contribution in [2.45, 2.75) is 32.5 Å². The minimum Gasteiger partial charge on any atom is -0.450 e. The van der Waals surface area contributed by atoms with E-state index in [9.17, 15) is 23.2 Å². The Morgan fingerprint density at radius 3 is 2.26 bits per heavy atom. The molecular weight excluding hydrogens is 538 g/mol. The van der Waals surface area contributed by atoms with Crippen LogP contribution in [0.25, 0.3) is 11.0 Å². The molecule has 0 aliphatic carbocycles. The standard InChI is InChI=1S/C34H24F2N2O4/c1-19-15-24-28(16-20(19)2)42-31-29(30(24)39)34(38(32(31)40)17-21-11-13-23(35)14-12-21)25-8-4-6-10-27(25)37(33(34)41)18-22-7-3-5-9-26(22)36/h3-16H,17-18H2,1-2H3. The van der Waals surface area contributed by atoms with Gasteiger partial charge in [0.05, 0.1) is 23.2 Å². The maximum atomic E-state index is 14.8. The fraction of sp³-hybridized carbons (Fsp3) is 0.147. The molecule has 1 aromatic heterocycles. The number of carbonyl (C=O) groups is 2. The van der Waals surface area contributed by atoms with Crippen molar-refractivity contribution in [1.82, 2.24) is 4.90 Å². The van der Waals surface area contributed by atoms with Crippen LogP contribution >= 0.6 is 0 Å². The summed E-state index contributed by atoms with van der Waals surface area (Å²) in [6, 6.07) is 22.1. The van der Waals surface area contributed by atoms with Gasteiger partial charge in [0.2, 0.25) is 5.76 Å². The minimum absolute atomic E-state index is 0.0705. The van der Waals surface area contributed by atoms with Crippen LogP contribution in [0.15, 0.2) is 94.1 Å². The van der Waals surface area contributed by atoms with Crippen LogP contribution in [0.2, 0.25) is 0 Å². The van der Waals surface area contributed by atoms with Crippen LogP contribution in [0.3, 0.4) is 0 Å². The van der Waals surface area contributed by atoms with Gasteiger partial charge in [0.1, 0.15) is 17.2 Å². The van der Waals surface area contributed by atoms with Gasteiger partial charge in [-0.15, -0.1) is 0 Å². The highest BCUT2D eigenvalue weighted by Crippen LogP contribution is 2.53. The highest BCUT2D eigenvalue weighted by atomic mass is 19.1. The Bertz CT molecular complexity index is 2020. The van der Waals surface area contributed by atoms with Crippen molar-refractivity contribution < 1.29 is 22.8 Å². The van der Waals surface area contributed by atoms with Crippen LogP contribution in [0, 0.1) is 25.5 Å². The van der Waals surface area contributed by atoms with Crippen LogP contribution in [0.5, 0.6) is 0 Å². The zero-order chi connectivity index (χ0) is 29.3. The summed E-state index contributed by atoms with van der Waals surface area (Å²) in [6.45, 7) is 3.53. The molecule has 3 heterocycles. The monoisotopic (exact) mass is 562 g/mol. The number of anilines is 1. The second-order valence-electron chi connectivity index (χ2n) is 10.8. The molecule has 0 saturated heterocycles. The number of rotatable bonds is 4. The highest BCUT2D eigenvalue weighted by Gasteiger charge is 2.65. The molecule has 8 heteroatoms. The molecule has 1 unspecified atom stereocenters. The summed E-state index contributed by atoms with van der Waals surface area (Å²) in [5.74, 6) is -2.35. The van der Waals surface area contributed by atoms with Crippen molar-refractivity contribution in [3.05, 3.63) is 146 Å². The van der Waals surface area contributed by atoms with Gasteiger partial charge in [0, 0.05) is 17.7 Å². The van der Waals surface area contributed by atoms with E-state index in [2.05, 4.69) is 0 Å². The molecule has 4 aromatic carbocycles. The fourth-order valence-electron chi connectivity index (χ4n) is 6.19. The number of hydrogen-bond donors (Lipinski definition) is 0. The average molecular weight is 563 g/mol. The minimum atomic E-state index is -1.88. The van der Waals surface area contributed by atoms with E-state index in [0.29, 0.717) is 16.8 Å². The van der Waals surface area contributed by atoms with Gasteiger partial charge >= 0.3 is 0 Å². The van der Waals surface area contributed by atoms with E-state index in [1.165, 1.54) is 40.1 Å². The molecule has 5 aromatic rings. The number of hydrogen-bond acceptors (Lipinski definition) is 4. The molecule has 1 atom stereocenters. The zero-order valence-electron chi connectivity index (χ0n) is 22.8. The van der Waals surface area contributed by atoms with Gasteiger partial charge in [0.25, 0.3) is 11.8 Å². The Morgan fingerprint density at radius 2 is 1.50 bits per heavy atom. The summed E-state index contributed by atoms with van der Waals surface area (Å²) in [5.41, 5.74) is 1.25. The van der Waals surface area contributed by atoms with E-state index in [0.717, 1.165) is 11.1 Å². The molecule has 2 amide bonds. The predicted molar refractivity (Wildman–Crippen MR) is 153 cm³/mol. The summed E-state index contributed by atoms with van der Waals surface area (Å²) >= 11 is 0. The average Bonchev–Trinajstić information content (AvgIpc) is 3.37. The van der Waals surface area contributed by atoms with Crippen LogP contribution < -0.4 is 10.3 Å². The second-order valence-corrected chi connectivity index (χ2v) is 10.8. The number of fused-ring (bicyclic) bond motifs is 5. The third-order valence-electron chi connectivity index (χ3n) is 8.39.